The molecule has 1 aliphatic rings. The van der Waals surface area contributed by atoms with E-state index in [2.05, 4.69) is 10.1 Å². The maximum absolute atomic E-state index is 14.0. The third kappa shape index (κ3) is 3.78. The van der Waals surface area contributed by atoms with E-state index in [9.17, 15) is 9.18 Å². The minimum Gasteiger partial charge on any atom is -0.497 e. The van der Waals surface area contributed by atoms with E-state index in [1.165, 1.54) is 13.2 Å². The summed E-state index contributed by atoms with van der Waals surface area (Å²) in [6.07, 6.45) is 0.950. The second-order valence-electron chi connectivity index (χ2n) is 6.73. The Morgan fingerprint density at radius 1 is 1.17 bits per heavy atom. The fourth-order valence-corrected chi connectivity index (χ4v) is 3.42. The van der Waals surface area contributed by atoms with Gasteiger partial charge in [0, 0.05) is 18.5 Å². The quantitative estimate of drug-likeness (QED) is 0.630. The van der Waals surface area contributed by atoms with Crippen LogP contribution in [-0.4, -0.2) is 35.2 Å². The highest BCUT2D eigenvalue weighted by molar-refractivity contribution is 5.78. The molecule has 1 aliphatic heterocycles. The van der Waals surface area contributed by atoms with Crippen LogP contribution >= 0.6 is 0 Å². The van der Waals surface area contributed by atoms with Crippen molar-refractivity contribution in [1.29, 1.82) is 0 Å². The minimum atomic E-state index is -0.465. The van der Waals surface area contributed by atoms with Crippen molar-refractivity contribution in [2.24, 2.45) is 0 Å². The number of ether oxygens (including phenoxy) is 2. The average molecular weight is 397 g/mol. The van der Waals surface area contributed by atoms with E-state index in [0.717, 1.165) is 11.3 Å². The molecule has 29 heavy (non-hydrogen) atoms. The van der Waals surface area contributed by atoms with E-state index < -0.39 is 5.82 Å². The van der Waals surface area contributed by atoms with Gasteiger partial charge in [0.15, 0.2) is 11.6 Å². The van der Waals surface area contributed by atoms with Crippen molar-refractivity contribution in [2.75, 3.05) is 14.2 Å². The Labute approximate surface area is 167 Å². The Bertz CT molecular complexity index is 1020. The number of methoxy groups -OCH3 is 2. The van der Waals surface area contributed by atoms with Crippen molar-refractivity contribution >= 4 is 5.91 Å². The number of nitrogens with zero attached hydrogens (tertiary/aromatic N) is 3. The number of hydrogen-bond acceptors (Lipinski definition) is 6. The molecule has 0 radical (unpaired) electrons. The zero-order chi connectivity index (χ0) is 20.4. The van der Waals surface area contributed by atoms with Crippen LogP contribution in [0.25, 0.3) is 11.4 Å². The van der Waals surface area contributed by atoms with Crippen LogP contribution in [0.15, 0.2) is 47.0 Å². The molecule has 1 unspecified atom stereocenters. The SMILES string of the molecule is COc1ccc(-c2noc(C3CCC(=O)N3Cc3ccc(OC)c(F)c3)n2)cc1. The van der Waals surface area contributed by atoms with Crippen LogP contribution in [0.5, 0.6) is 11.5 Å². The number of carbonyl (C=O) groups is 1. The molecule has 1 fully saturated rings. The summed E-state index contributed by atoms with van der Waals surface area (Å²) >= 11 is 0. The van der Waals surface area contributed by atoms with Crippen LogP contribution in [0.4, 0.5) is 4.39 Å². The van der Waals surface area contributed by atoms with E-state index in [4.69, 9.17) is 14.0 Å². The summed E-state index contributed by atoms with van der Waals surface area (Å²) in [5.74, 6) is 1.21. The maximum atomic E-state index is 14.0. The van der Waals surface area contributed by atoms with Gasteiger partial charge in [0.25, 0.3) is 0 Å². The molecule has 1 atom stereocenters. The van der Waals surface area contributed by atoms with Gasteiger partial charge in [0.2, 0.25) is 17.6 Å². The van der Waals surface area contributed by atoms with E-state index in [1.54, 1.807) is 24.1 Å². The smallest absolute Gasteiger partial charge is 0.249 e. The lowest BCUT2D eigenvalue weighted by molar-refractivity contribution is -0.130. The highest BCUT2D eigenvalue weighted by atomic mass is 19.1. The second-order valence-corrected chi connectivity index (χ2v) is 6.73. The van der Waals surface area contributed by atoms with Gasteiger partial charge < -0.3 is 18.9 Å². The van der Waals surface area contributed by atoms with E-state index in [1.807, 2.05) is 24.3 Å². The summed E-state index contributed by atoms with van der Waals surface area (Å²) < 4.78 is 29.6. The third-order valence-corrected chi connectivity index (χ3v) is 4.97. The van der Waals surface area contributed by atoms with Gasteiger partial charge in [0.1, 0.15) is 11.8 Å². The van der Waals surface area contributed by atoms with E-state index >= 15 is 0 Å². The predicted molar refractivity (Wildman–Crippen MR) is 102 cm³/mol. The number of benzene rings is 2. The molecule has 1 saturated heterocycles. The summed E-state index contributed by atoms with van der Waals surface area (Å²) in [4.78, 5) is 18.5. The molecule has 0 aliphatic carbocycles. The summed E-state index contributed by atoms with van der Waals surface area (Å²) in [6.45, 7) is 0.255. The Morgan fingerprint density at radius 3 is 2.66 bits per heavy atom. The lowest BCUT2D eigenvalue weighted by Crippen LogP contribution is -2.27. The van der Waals surface area contributed by atoms with Crippen LogP contribution in [0.3, 0.4) is 0 Å². The molecule has 3 aromatic rings. The van der Waals surface area contributed by atoms with Gasteiger partial charge in [0.05, 0.1) is 14.2 Å². The van der Waals surface area contributed by atoms with Crippen LogP contribution in [0, 0.1) is 5.82 Å². The molecule has 2 heterocycles. The van der Waals surface area contributed by atoms with Gasteiger partial charge >= 0.3 is 0 Å². The molecule has 0 bridgehead atoms. The molecule has 150 valence electrons. The Kier molecular flexibility index (Phi) is 5.16. The number of aromatic nitrogens is 2. The van der Waals surface area contributed by atoms with Crippen molar-refractivity contribution < 1.29 is 23.2 Å². The molecule has 8 heteroatoms. The summed E-state index contributed by atoms with van der Waals surface area (Å²) in [5, 5.41) is 4.05. The third-order valence-electron chi connectivity index (χ3n) is 4.97. The van der Waals surface area contributed by atoms with Gasteiger partial charge in [-0.15, -0.1) is 0 Å². The highest BCUT2D eigenvalue weighted by Gasteiger charge is 2.36. The Hall–Kier alpha value is -3.42. The van der Waals surface area contributed by atoms with Gasteiger partial charge in [-0.05, 0) is 48.4 Å². The number of hydrogen-bond donors (Lipinski definition) is 0. The van der Waals surface area contributed by atoms with E-state index in [-0.39, 0.29) is 24.2 Å². The first kappa shape index (κ1) is 18.9. The standard InChI is InChI=1S/C21H20FN3O4/c1-27-15-6-4-14(5-7-15)20-23-21(29-24-20)17-8-10-19(26)25(17)12-13-3-9-18(28-2)16(22)11-13/h3-7,9,11,17H,8,10,12H2,1-2H3. The van der Waals surface area contributed by atoms with E-state index in [0.29, 0.717) is 30.1 Å². The lowest BCUT2D eigenvalue weighted by Gasteiger charge is -2.22. The molecular weight excluding hydrogens is 377 g/mol. The Morgan fingerprint density at radius 2 is 1.97 bits per heavy atom. The molecule has 1 aromatic heterocycles. The van der Waals surface area contributed by atoms with Gasteiger partial charge in [-0.2, -0.15) is 4.98 Å². The number of carbonyl (C=O) groups excluding carboxylic acids is 1. The van der Waals surface area contributed by atoms with Crippen molar-refractivity contribution in [3.63, 3.8) is 0 Å². The van der Waals surface area contributed by atoms with Crippen LogP contribution < -0.4 is 9.47 Å². The van der Waals surface area contributed by atoms with Crippen molar-refractivity contribution in [1.82, 2.24) is 15.0 Å². The number of rotatable bonds is 6. The average Bonchev–Trinajstić information content (AvgIpc) is 3.36. The zero-order valence-electron chi connectivity index (χ0n) is 16.1. The summed E-state index contributed by atoms with van der Waals surface area (Å²) in [6, 6.07) is 11.6. The van der Waals surface area contributed by atoms with Gasteiger partial charge in [-0.1, -0.05) is 11.2 Å². The molecule has 0 N–H and O–H groups in total. The highest BCUT2D eigenvalue weighted by Crippen LogP contribution is 2.34. The second kappa shape index (κ2) is 7.90. The Balaban J connectivity index is 1.55. The number of likely N-dealkylation sites (tertiary alicyclic amines) is 1. The number of halogens is 1. The monoisotopic (exact) mass is 397 g/mol. The molecule has 7 nitrogen and oxygen atoms in total. The summed E-state index contributed by atoms with van der Waals surface area (Å²) in [5.41, 5.74) is 1.45. The zero-order valence-corrected chi connectivity index (χ0v) is 16.1. The largest absolute Gasteiger partial charge is 0.497 e. The first-order chi connectivity index (χ1) is 14.1. The number of amides is 1. The van der Waals surface area contributed by atoms with Crippen molar-refractivity contribution in [2.45, 2.75) is 25.4 Å². The summed E-state index contributed by atoms with van der Waals surface area (Å²) in [7, 11) is 3.01. The fourth-order valence-electron chi connectivity index (χ4n) is 3.42. The molecule has 4 rings (SSSR count). The lowest BCUT2D eigenvalue weighted by atomic mass is 10.1. The molecule has 0 saturated carbocycles. The van der Waals surface area contributed by atoms with Crippen molar-refractivity contribution in [3.05, 3.63) is 59.7 Å². The molecule has 2 aromatic carbocycles. The molecular formula is C21H20FN3O4. The first-order valence-electron chi connectivity index (χ1n) is 9.19. The minimum absolute atomic E-state index is 0.0320. The van der Waals surface area contributed by atoms with Crippen LogP contribution in [0.1, 0.15) is 30.3 Å². The molecule has 0 spiro atoms. The van der Waals surface area contributed by atoms with Crippen LogP contribution in [-0.2, 0) is 11.3 Å². The maximum Gasteiger partial charge on any atom is 0.249 e. The van der Waals surface area contributed by atoms with Crippen molar-refractivity contribution in [3.8, 4) is 22.9 Å². The predicted octanol–water partition coefficient (Wildman–Crippen LogP) is 3.76. The van der Waals surface area contributed by atoms with Gasteiger partial charge in [-0.25, -0.2) is 4.39 Å². The first-order valence-corrected chi connectivity index (χ1v) is 9.19. The van der Waals surface area contributed by atoms with Gasteiger partial charge in [-0.3, -0.25) is 4.79 Å². The molecule has 1 amide bonds. The normalized spacial score (nSPS) is 16.3. The fraction of sp³-hybridized carbons (Fsp3) is 0.286. The topological polar surface area (TPSA) is 77.7 Å². The van der Waals surface area contributed by atoms with Crippen LogP contribution in [0.2, 0.25) is 0 Å².